The molecule has 0 saturated heterocycles. The molecule has 0 aliphatic heterocycles. The quantitative estimate of drug-likeness (QED) is 0.0261. The molecule has 0 radical (unpaired) electrons. The molecule has 0 aromatic rings. The van der Waals surface area contributed by atoms with E-state index in [-0.39, 0.29) is 37.5 Å². The van der Waals surface area contributed by atoms with Gasteiger partial charge < -0.3 is 14.2 Å². The molecule has 72 heavy (non-hydrogen) atoms. The van der Waals surface area contributed by atoms with Crippen LogP contribution < -0.4 is 0 Å². The summed E-state index contributed by atoms with van der Waals surface area (Å²) in [5.74, 6) is -0.962. The highest BCUT2D eigenvalue weighted by Gasteiger charge is 2.19. The summed E-state index contributed by atoms with van der Waals surface area (Å²) < 4.78 is 16.8. The lowest BCUT2D eigenvalue weighted by molar-refractivity contribution is -0.166. The van der Waals surface area contributed by atoms with Gasteiger partial charge in [0.05, 0.1) is 0 Å². The number of unbranched alkanes of at least 4 members (excludes halogenated alkanes) is 36. The van der Waals surface area contributed by atoms with Crippen LogP contribution >= 0.6 is 0 Å². The van der Waals surface area contributed by atoms with Gasteiger partial charge in [0.1, 0.15) is 13.2 Å². The third-order valence-electron chi connectivity index (χ3n) is 13.8. The van der Waals surface area contributed by atoms with Gasteiger partial charge in [0.2, 0.25) is 0 Å². The third kappa shape index (κ3) is 58.0. The smallest absolute Gasteiger partial charge is 0.306 e. The van der Waals surface area contributed by atoms with Gasteiger partial charge in [0.25, 0.3) is 0 Å². The molecule has 1 atom stereocenters. The summed E-state index contributed by atoms with van der Waals surface area (Å²) in [4.78, 5) is 38.2. The topological polar surface area (TPSA) is 78.9 Å². The van der Waals surface area contributed by atoms with E-state index in [9.17, 15) is 14.4 Å². The largest absolute Gasteiger partial charge is 0.462 e. The summed E-state index contributed by atoms with van der Waals surface area (Å²) in [6, 6.07) is 0. The molecule has 418 valence electrons. The van der Waals surface area contributed by atoms with Crippen LogP contribution in [0.4, 0.5) is 0 Å². The van der Waals surface area contributed by atoms with Crippen molar-refractivity contribution in [2.75, 3.05) is 13.2 Å². The van der Waals surface area contributed by atoms with Crippen molar-refractivity contribution in [3.8, 4) is 0 Å². The minimum absolute atomic E-state index is 0.0934. The van der Waals surface area contributed by atoms with Gasteiger partial charge in [-0.2, -0.15) is 0 Å². The van der Waals surface area contributed by atoms with E-state index in [2.05, 4.69) is 75.5 Å². The molecule has 0 saturated carbocycles. The molecule has 0 spiro atoms. The molecule has 0 aliphatic carbocycles. The fraction of sp³-hybridized carbons (Fsp3) is 0.803. The van der Waals surface area contributed by atoms with Crippen molar-refractivity contribution in [2.24, 2.45) is 0 Å². The Kier molecular flexibility index (Phi) is 58.2. The second-order valence-electron chi connectivity index (χ2n) is 20.9. The van der Waals surface area contributed by atoms with Gasteiger partial charge in [-0.25, -0.2) is 0 Å². The number of ether oxygens (including phenoxy) is 3. The minimum Gasteiger partial charge on any atom is -0.462 e. The van der Waals surface area contributed by atoms with Gasteiger partial charge >= 0.3 is 17.9 Å². The van der Waals surface area contributed by atoms with E-state index in [0.717, 1.165) is 64.2 Å². The lowest BCUT2D eigenvalue weighted by Crippen LogP contribution is -2.30. The Hall–Kier alpha value is -2.89. The lowest BCUT2D eigenvalue weighted by Gasteiger charge is -2.18. The van der Waals surface area contributed by atoms with E-state index < -0.39 is 6.10 Å². The summed E-state index contributed by atoms with van der Waals surface area (Å²) in [6.07, 6.45) is 76.8. The number of rotatable bonds is 57. The highest BCUT2D eigenvalue weighted by atomic mass is 16.6. The zero-order valence-corrected chi connectivity index (χ0v) is 47.9. The van der Waals surface area contributed by atoms with Gasteiger partial charge in [-0.3, -0.25) is 14.4 Å². The molecule has 1 unspecified atom stereocenters. The first-order chi connectivity index (χ1) is 35.5. The number of carbonyl (C=O) groups is 3. The van der Waals surface area contributed by atoms with Crippen LogP contribution in [0.2, 0.25) is 0 Å². The Bertz CT molecular complexity index is 1290. The summed E-state index contributed by atoms with van der Waals surface area (Å²) in [5.41, 5.74) is 0. The second-order valence-corrected chi connectivity index (χ2v) is 20.9. The molecule has 0 aliphatic rings. The first kappa shape index (κ1) is 69.1. The van der Waals surface area contributed by atoms with Crippen LogP contribution in [0.3, 0.4) is 0 Å². The van der Waals surface area contributed by atoms with Crippen molar-refractivity contribution in [2.45, 2.75) is 329 Å². The van der Waals surface area contributed by atoms with Crippen LogP contribution in [0, 0.1) is 0 Å². The Balaban J connectivity index is 4.32. The molecule has 0 rings (SSSR count). The molecular weight excluding hydrogens is 889 g/mol. The number of esters is 3. The summed E-state index contributed by atoms with van der Waals surface area (Å²) in [5, 5.41) is 0. The highest BCUT2D eigenvalue weighted by molar-refractivity contribution is 5.71. The van der Waals surface area contributed by atoms with Gasteiger partial charge in [-0.05, 0) is 70.6 Å². The predicted octanol–water partition coefficient (Wildman–Crippen LogP) is 21.2. The van der Waals surface area contributed by atoms with E-state index in [1.807, 2.05) is 6.08 Å². The zero-order valence-electron chi connectivity index (χ0n) is 47.9. The van der Waals surface area contributed by atoms with Crippen LogP contribution in [0.25, 0.3) is 0 Å². The van der Waals surface area contributed by atoms with E-state index in [0.29, 0.717) is 19.3 Å². The summed E-state index contributed by atoms with van der Waals surface area (Å²) in [6.45, 7) is 6.51. The number of carbonyl (C=O) groups excluding carboxylic acids is 3. The molecule has 0 aromatic carbocycles. The van der Waals surface area contributed by atoms with Crippen molar-refractivity contribution in [1.29, 1.82) is 0 Å². The predicted molar refractivity (Wildman–Crippen MR) is 312 cm³/mol. The Morgan fingerprint density at radius 2 is 0.569 bits per heavy atom. The fourth-order valence-corrected chi connectivity index (χ4v) is 9.10. The number of hydrogen-bond acceptors (Lipinski definition) is 6. The van der Waals surface area contributed by atoms with Crippen molar-refractivity contribution in [3.05, 3.63) is 60.8 Å². The van der Waals surface area contributed by atoms with Crippen LogP contribution in [0.15, 0.2) is 60.8 Å². The SMILES string of the molecule is CC/C=C\C/C=C\C/C=C\C/C=C\CCC(=O)OCC(COC(=O)CCCCCCCCCCCCC/C=C\CCCCCCCCCC)OC(=O)CCCCCCCCCCCCCCCCCCCC. The molecular formula is C66H118O6. The number of hydrogen-bond donors (Lipinski definition) is 0. The van der Waals surface area contributed by atoms with Crippen LogP contribution in [0.5, 0.6) is 0 Å². The first-order valence-electron chi connectivity index (χ1n) is 31.3. The van der Waals surface area contributed by atoms with Crippen LogP contribution in [-0.4, -0.2) is 37.2 Å². The van der Waals surface area contributed by atoms with Gasteiger partial charge in [-0.1, -0.05) is 293 Å². The molecule has 0 bridgehead atoms. The van der Waals surface area contributed by atoms with Crippen molar-refractivity contribution >= 4 is 17.9 Å². The zero-order chi connectivity index (χ0) is 52.2. The average molecular weight is 1010 g/mol. The second kappa shape index (κ2) is 60.7. The maximum atomic E-state index is 12.9. The Labute approximate surface area is 447 Å². The Morgan fingerprint density at radius 3 is 0.931 bits per heavy atom. The van der Waals surface area contributed by atoms with E-state index in [4.69, 9.17) is 14.2 Å². The van der Waals surface area contributed by atoms with Crippen LogP contribution in [0.1, 0.15) is 323 Å². The minimum atomic E-state index is -0.801. The van der Waals surface area contributed by atoms with E-state index >= 15 is 0 Å². The fourth-order valence-electron chi connectivity index (χ4n) is 9.10. The highest BCUT2D eigenvalue weighted by Crippen LogP contribution is 2.17. The molecule has 0 aromatic heterocycles. The molecule has 0 N–H and O–H groups in total. The maximum absolute atomic E-state index is 12.9. The van der Waals surface area contributed by atoms with E-state index in [1.54, 1.807) is 0 Å². The molecule has 0 fully saturated rings. The number of allylic oxidation sites excluding steroid dienone is 10. The maximum Gasteiger partial charge on any atom is 0.306 e. The third-order valence-corrected chi connectivity index (χ3v) is 13.8. The van der Waals surface area contributed by atoms with E-state index in [1.165, 1.54) is 212 Å². The standard InChI is InChI=1S/C66H118O6/c1-4-7-10-13-16-19-22-25-27-29-31-32-33-34-35-37-38-41-44-47-50-53-56-59-65(68)71-62-63(61-70-64(67)58-55-52-49-46-43-40-24-21-18-15-12-9-6-3)72-66(69)60-57-54-51-48-45-42-39-36-30-28-26-23-20-17-14-11-8-5-2/h9,12,18,21,29,31,40,43,49,52,63H,4-8,10-11,13-17,19-20,22-28,30,32-39,41-42,44-48,50-51,53-62H2,1-3H3/b12-9-,21-18-,31-29-,43-40-,52-49-. The van der Waals surface area contributed by atoms with Gasteiger partial charge in [-0.15, -0.1) is 0 Å². The molecule has 0 heterocycles. The normalized spacial score (nSPS) is 12.4. The average Bonchev–Trinajstić information content (AvgIpc) is 3.38. The van der Waals surface area contributed by atoms with Crippen molar-refractivity contribution in [3.63, 3.8) is 0 Å². The summed E-state index contributed by atoms with van der Waals surface area (Å²) in [7, 11) is 0. The summed E-state index contributed by atoms with van der Waals surface area (Å²) >= 11 is 0. The molecule has 0 amide bonds. The first-order valence-corrected chi connectivity index (χ1v) is 31.3. The Morgan fingerprint density at radius 1 is 0.292 bits per heavy atom. The van der Waals surface area contributed by atoms with Crippen molar-refractivity contribution in [1.82, 2.24) is 0 Å². The van der Waals surface area contributed by atoms with Crippen LogP contribution in [-0.2, 0) is 28.6 Å². The lowest BCUT2D eigenvalue weighted by atomic mass is 10.0. The molecule has 6 nitrogen and oxygen atoms in total. The van der Waals surface area contributed by atoms with Crippen molar-refractivity contribution < 1.29 is 28.6 Å². The van der Waals surface area contributed by atoms with Gasteiger partial charge in [0.15, 0.2) is 6.10 Å². The van der Waals surface area contributed by atoms with Gasteiger partial charge in [0, 0.05) is 19.3 Å². The monoisotopic (exact) mass is 1010 g/mol. The molecule has 6 heteroatoms.